The molecule has 1 fully saturated rings. The molecule has 1 atom stereocenters. The van der Waals surface area contributed by atoms with E-state index in [2.05, 4.69) is 6.92 Å². The van der Waals surface area contributed by atoms with Gasteiger partial charge >= 0.3 is 0 Å². The maximum Gasteiger partial charge on any atom is 0.277 e. The van der Waals surface area contributed by atoms with Crippen LogP contribution in [0.5, 0.6) is 0 Å². The van der Waals surface area contributed by atoms with Crippen molar-refractivity contribution < 1.29 is 14.7 Å². The zero-order chi connectivity index (χ0) is 20.6. The van der Waals surface area contributed by atoms with Gasteiger partial charge in [-0.2, -0.15) is 0 Å². The van der Waals surface area contributed by atoms with Gasteiger partial charge in [-0.15, -0.1) is 0 Å². The van der Waals surface area contributed by atoms with Crippen LogP contribution in [0, 0.1) is 5.92 Å². The molecule has 1 saturated heterocycles. The molecule has 2 aliphatic heterocycles. The first kappa shape index (κ1) is 21.6. The van der Waals surface area contributed by atoms with Crippen molar-refractivity contribution >= 4 is 17.4 Å². The Morgan fingerprint density at radius 1 is 1.00 bits per heavy atom. The summed E-state index contributed by atoms with van der Waals surface area (Å²) in [4.78, 5) is 30.0. The average molecular weight is 399 g/mol. The second-order valence-electron chi connectivity index (χ2n) is 8.26. The fourth-order valence-electron chi connectivity index (χ4n) is 4.39. The minimum Gasteiger partial charge on any atom is -0.396 e. The van der Waals surface area contributed by atoms with E-state index in [9.17, 15) is 14.7 Å². The predicted octanol–water partition coefficient (Wildman–Crippen LogP) is 3.83. The Morgan fingerprint density at radius 2 is 1.72 bits per heavy atom. The number of rotatable bonds is 10. The highest BCUT2D eigenvalue weighted by atomic mass is 16.3. The van der Waals surface area contributed by atoms with Crippen LogP contribution in [-0.2, 0) is 9.59 Å². The van der Waals surface area contributed by atoms with E-state index in [4.69, 9.17) is 0 Å². The molecule has 0 aromatic heterocycles. The Kier molecular flexibility index (Phi) is 7.87. The Bertz CT molecular complexity index is 729. The Labute approximate surface area is 174 Å². The minimum atomic E-state index is -0.170. The Hall–Kier alpha value is -2.14. The zero-order valence-corrected chi connectivity index (χ0v) is 17.6. The fraction of sp³-hybridized carbons (Fsp3) is 0.583. The lowest BCUT2D eigenvalue weighted by Crippen LogP contribution is -2.40. The Morgan fingerprint density at radius 3 is 2.45 bits per heavy atom. The van der Waals surface area contributed by atoms with Crippen LogP contribution < -0.4 is 0 Å². The van der Waals surface area contributed by atoms with E-state index in [0.29, 0.717) is 24.4 Å². The number of nitrogens with zero attached hydrogens (tertiary/aromatic N) is 2. The second kappa shape index (κ2) is 10.6. The summed E-state index contributed by atoms with van der Waals surface area (Å²) in [7, 11) is 0. The van der Waals surface area contributed by atoms with Crippen molar-refractivity contribution in [2.24, 2.45) is 5.92 Å². The summed E-state index contributed by atoms with van der Waals surface area (Å²) >= 11 is 0. The van der Waals surface area contributed by atoms with Gasteiger partial charge in [-0.05, 0) is 30.7 Å². The van der Waals surface area contributed by atoms with E-state index >= 15 is 0 Å². The van der Waals surface area contributed by atoms with Crippen molar-refractivity contribution in [2.75, 3.05) is 26.2 Å². The first-order valence-corrected chi connectivity index (χ1v) is 11.2. The molecule has 2 amide bonds. The van der Waals surface area contributed by atoms with Crippen LogP contribution in [0.1, 0.15) is 63.9 Å². The van der Waals surface area contributed by atoms with Gasteiger partial charge in [0, 0.05) is 26.2 Å². The highest BCUT2D eigenvalue weighted by molar-refractivity contribution is 6.35. The molecule has 0 saturated carbocycles. The first-order valence-electron chi connectivity index (χ1n) is 11.2. The molecule has 0 radical (unpaired) electrons. The van der Waals surface area contributed by atoms with Crippen LogP contribution in [0.15, 0.2) is 36.0 Å². The lowest BCUT2D eigenvalue weighted by molar-refractivity contribution is -0.137. The lowest BCUT2D eigenvalue weighted by Gasteiger charge is -2.34. The summed E-state index contributed by atoms with van der Waals surface area (Å²) < 4.78 is 0. The number of amides is 2. The average Bonchev–Trinajstić information content (AvgIpc) is 3.01. The summed E-state index contributed by atoms with van der Waals surface area (Å²) in [6, 6.07) is 9.54. The van der Waals surface area contributed by atoms with E-state index in [1.807, 2.05) is 35.2 Å². The molecular formula is C24H34N2O3. The van der Waals surface area contributed by atoms with Crippen LogP contribution in [-0.4, -0.2) is 53.0 Å². The van der Waals surface area contributed by atoms with E-state index in [0.717, 1.165) is 44.2 Å². The second-order valence-corrected chi connectivity index (χ2v) is 8.26. The summed E-state index contributed by atoms with van der Waals surface area (Å²) in [5.74, 6) is -0.180. The number of aliphatic hydroxyl groups is 1. The monoisotopic (exact) mass is 398 g/mol. The number of carbonyl (C=O) groups excluding carboxylic acids is 2. The molecule has 1 unspecified atom stereocenters. The molecule has 29 heavy (non-hydrogen) atoms. The molecule has 5 heteroatoms. The van der Waals surface area contributed by atoms with Gasteiger partial charge in [-0.1, -0.05) is 69.4 Å². The van der Waals surface area contributed by atoms with Crippen molar-refractivity contribution in [3.05, 3.63) is 41.6 Å². The van der Waals surface area contributed by atoms with E-state index in [1.54, 1.807) is 0 Å². The summed E-state index contributed by atoms with van der Waals surface area (Å²) in [6.07, 6.45) is 8.61. The predicted molar refractivity (Wildman–Crippen MR) is 115 cm³/mol. The number of unbranched alkanes of at least 4 members (excludes halogenated alkanes) is 5. The fourth-order valence-corrected chi connectivity index (χ4v) is 4.39. The van der Waals surface area contributed by atoms with Gasteiger partial charge in [0.1, 0.15) is 5.70 Å². The molecule has 2 aliphatic rings. The van der Waals surface area contributed by atoms with Gasteiger partial charge in [0.05, 0.1) is 5.57 Å². The van der Waals surface area contributed by atoms with Gasteiger partial charge < -0.3 is 10.0 Å². The number of imide groups is 1. The SMILES string of the molecule is CCCCCCCCN1C(=O)C(c2ccccc2)=C(N2CCCC(CO)C2)C1=O. The number of benzene rings is 1. The third-order valence-electron chi connectivity index (χ3n) is 6.03. The Balaban J connectivity index is 1.78. The molecule has 1 aromatic carbocycles. The van der Waals surface area contributed by atoms with E-state index in [1.165, 1.54) is 24.2 Å². The number of piperidine rings is 1. The maximum absolute atomic E-state index is 13.3. The van der Waals surface area contributed by atoms with Crippen molar-refractivity contribution in [3.8, 4) is 0 Å². The van der Waals surface area contributed by atoms with E-state index < -0.39 is 0 Å². The van der Waals surface area contributed by atoms with E-state index in [-0.39, 0.29) is 24.3 Å². The number of likely N-dealkylation sites (tertiary alicyclic amines) is 1. The molecular weight excluding hydrogens is 364 g/mol. The largest absolute Gasteiger partial charge is 0.396 e. The molecule has 158 valence electrons. The van der Waals surface area contributed by atoms with Crippen LogP contribution in [0.2, 0.25) is 0 Å². The van der Waals surface area contributed by atoms with Crippen LogP contribution in [0.3, 0.4) is 0 Å². The molecule has 3 rings (SSSR count). The number of hydrogen-bond donors (Lipinski definition) is 1. The molecule has 5 nitrogen and oxygen atoms in total. The molecule has 2 heterocycles. The van der Waals surface area contributed by atoms with Gasteiger partial charge in [0.2, 0.25) is 0 Å². The van der Waals surface area contributed by atoms with Crippen LogP contribution in [0.4, 0.5) is 0 Å². The number of hydrogen-bond acceptors (Lipinski definition) is 4. The molecule has 1 aromatic rings. The van der Waals surface area contributed by atoms with Gasteiger partial charge in [-0.25, -0.2) is 0 Å². The summed E-state index contributed by atoms with van der Waals surface area (Å²) in [5.41, 5.74) is 1.86. The summed E-state index contributed by atoms with van der Waals surface area (Å²) in [5, 5.41) is 9.60. The van der Waals surface area contributed by atoms with Gasteiger partial charge in [-0.3, -0.25) is 14.5 Å². The number of aliphatic hydroxyl groups excluding tert-OH is 1. The number of carbonyl (C=O) groups is 2. The van der Waals surface area contributed by atoms with Crippen molar-refractivity contribution in [2.45, 2.75) is 58.3 Å². The smallest absolute Gasteiger partial charge is 0.277 e. The topological polar surface area (TPSA) is 60.9 Å². The highest BCUT2D eigenvalue weighted by Gasteiger charge is 2.42. The highest BCUT2D eigenvalue weighted by Crippen LogP contribution is 2.34. The maximum atomic E-state index is 13.3. The minimum absolute atomic E-state index is 0.119. The van der Waals surface area contributed by atoms with Crippen molar-refractivity contribution in [1.29, 1.82) is 0 Å². The van der Waals surface area contributed by atoms with Gasteiger partial charge in [0.15, 0.2) is 0 Å². The quantitative estimate of drug-likeness (QED) is 0.481. The van der Waals surface area contributed by atoms with Crippen LogP contribution >= 0.6 is 0 Å². The molecule has 0 aliphatic carbocycles. The van der Waals surface area contributed by atoms with Gasteiger partial charge in [0.25, 0.3) is 11.8 Å². The lowest BCUT2D eigenvalue weighted by atomic mass is 9.97. The third-order valence-corrected chi connectivity index (χ3v) is 6.03. The standard InChI is InChI=1S/C24H34N2O3/c1-2-3-4-5-6-10-16-26-23(28)21(20-13-8-7-9-14-20)22(24(26)29)25-15-11-12-19(17-25)18-27/h7-9,13-14,19,27H,2-6,10-12,15-18H2,1H3. The van der Waals surface area contributed by atoms with Crippen LogP contribution in [0.25, 0.3) is 5.57 Å². The van der Waals surface area contributed by atoms with Crippen molar-refractivity contribution in [1.82, 2.24) is 9.80 Å². The normalized spacial score (nSPS) is 20.1. The molecule has 0 spiro atoms. The molecule has 1 N–H and O–H groups in total. The molecule has 0 bridgehead atoms. The first-order chi connectivity index (χ1) is 14.2. The summed E-state index contributed by atoms with van der Waals surface area (Å²) in [6.45, 7) is 4.19. The van der Waals surface area contributed by atoms with Crippen molar-refractivity contribution in [3.63, 3.8) is 0 Å². The third kappa shape index (κ3) is 5.08. The zero-order valence-electron chi connectivity index (χ0n) is 17.6.